The van der Waals surface area contributed by atoms with Crippen molar-refractivity contribution in [3.8, 4) is 5.75 Å². The number of anilines is 1. The van der Waals surface area contributed by atoms with Crippen LogP contribution in [0.25, 0.3) is 0 Å². The SMILES string of the molecule is C[C@@H](Oc1ccc(Br)cc1F)C(=O)Nc1ccncc1. The number of nitrogens with zero attached hydrogens (tertiary/aromatic N) is 1. The van der Waals surface area contributed by atoms with Gasteiger partial charge in [0.1, 0.15) is 0 Å². The van der Waals surface area contributed by atoms with Crippen LogP contribution in [0.3, 0.4) is 0 Å². The lowest BCUT2D eigenvalue weighted by Gasteiger charge is -2.15. The second kappa shape index (κ2) is 6.47. The van der Waals surface area contributed by atoms with Crippen LogP contribution >= 0.6 is 15.9 Å². The number of hydrogen-bond acceptors (Lipinski definition) is 3. The van der Waals surface area contributed by atoms with Crippen LogP contribution in [0, 0.1) is 5.82 Å². The molecule has 1 atom stereocenters. The Hall–Kier alpha value is -1.95. The summed E-state index contributed by atoms with van der Waals surface area (Å²) >= 11 is 3.15. The van der Waals surface area contributed by atoms with Gasteiger partial charge in [-0.1, -0.05) is 15.9 Å². The molecule has 1 aromatic heterocycles. The molecule has 0 aliphatic rings. The maximum absolute atomic E-state index is 13.6. The Labute approximate surface area is 124 Å². The summed E-state index contributed by atoms with van der Waals surface area (Å²) in [5.41, 5.74) is 0.608. The van der Waals surface area contributed by atoms with Crippen molar-refractivity contribution in [3.63, 3.8) is 0 Å². The number of carbonyl (C=O) groups excluding carboxylic acids is 1. The topological polar surface area (TPSA) is 51.2 Å². The predicted molar refractivity (Wildman–Crippen MR) is 77.1 cm³/mol. The minimum Gasteiger partial charge on any atom is -0.478 e. The van der Waals surface area contributed by atoms with Crippen LogP contribution in [-0.2, 0) is 4.79 Å². The summed E-state index contributed by atoms with van der Waals surface area (Å²) in [6.45, 7) is 1.55. The Morgan fingerprint density at radius 2 is 2.05 bits per heavy atom. The molecular weight excluding hydrogens is 327 g/mol. The number of aromatic nitrogens is 1. The van der Waals surface area contributed by atoms with E-state index in [4.69, 9.17) is 4.74 Å². The first-order valence-corrected chi connectivity index (χ1v) is 6.68. The summed E-state index contributed by atoms with van der Waals surface area (Å²) in [5, 5.41) is 2.66. The second-order valence-corrected chi connectivity index (χ2v) is 4.98. The Balaban J connectivity index is 2.00. The number of benzene rings is 1. The van der Waals surface area contributed by atoms with E-state index in [0.717, 1.165) is 0 Å². The molecule has 0 saturated carbocycles. The zero-order chi connectivity index (χ0) is 14.5. The Morgan fingerprint density at radius 3 is 2.70 bits per heavy atom. The summed E-state index contributed by atoms with van der Waals surface area (Å²) in [5.74, 6) is -0.855. The number of nitrogens with one attached hydrogen (secondary N) is 1. The minimum atomic E-state index is -0.821. The third-order valence-electron chi connectivity index (χ3n) is 2.51. The van der Waals surface area contributed by atoms with Crippen LogP contribution in [0.2, 0.25) is 0 Å². The van der Waals surface area contributed by atoms with Crippen molar-refractivity contribution in [2.24, 2.45) is 0 Å². The van der Waals surface area contributed by atoms with Crippen molar-refractivity contribution >= 4 is 27.5 Å². The van der Waals surface area contributed by atoms with Gasteiger partial charge in [-0.2, -0.15) is 0 Å². The fraction of sp³-hybridized carbons (Fsp3) is 0.143. The van der Waals surface area contributed by atoms with Gasteiger partial charge in [-0.3, -0.25) is 9.78 Å². The standard InChI is InChI=1S/C14H12BrFN2O2/c1-9(14(19)18-11-4-6-17-7-5-11)20-13-3-2-10(15)8-12(13)16/h2-9H,1H3,(H,17,18,19)/t9-/m1/s1. The lowest BCUT2D eigenvalue weighted by atomic mass is 10.3. The summed E-state index contributed by atoms with van der Waals surface area (Å²) in [6, 6.07) is 7.71. The molecule has 0 bridgehead atoms. The molecule has 1 aromatic carbocycles. The molecule has 1 N–H and O–H groups in total. The normalized spacial score (nSPS) is 11.8. The van der Waals surface area contributed by atoms with Gasteiger partial charge in [-0.05, 0) is 37.3 Å². The van der Waals surface area contributed by atoms with Crippen molar-refractivity contribution in [2.75, 3.05) is 5.32 Å². The molecular formula is C14H12BrFN2O2. The molecule has 0 aliphatic heterocycles. The van der Waals surface area contributed by atoms with E-state index in [1.165, 1.54) is 12.1 Å². The van der Waals surface area contributed by atoms with Gasteiger partial charge >= 0.3 is 0 Å². The summed E-state index contributed by atoms with van der Waals surface area (Å²) < 4.78 is 19.5. The third-order valence-corrected chi connectivity index (χ3v) is 3.01. The Kier molecular flexibility index (Phi) is 4.68. The molecule has 2 rings (SSSR count). The quantitative estimate of drug-likeness (QED) is 0.929. The van der Waals surface area contributed by atoms with E-state index >= 15 is 0 Å². The molecule has 0 aliphatic carbocycles. The number of amides is 1. The molecule has 20 heavy (non-hydrogen) atoms. The van der Waals surface area contributed by atoms with Gasteiger partial charge in [0.15, 0.2) is 17.7 Å². The average Bonchev–Trinajstić information content (AvgIpc) is 2.43. The fourth-order valence-electron chi connectivity index (χ4n) is 1.49. The van der Waals surface area contributed by atoms with Gasteiger partial charge in [0.2, 0.25) is 0 Å². The molecule has 0 fully saturated rings. The number of halogens is 2. The Morgan fingerprint density at radius 1 is 1.35 bits per heavy atom. The van der Waals surface area contributed by atoms with Crippen molar-refractivity contribution in [2.45, 2.75) is 13.0 Å². The van der Waals surface area contributed by atoms with E-state index in [0.29, 0.717) is 10.2 Å². The first-order chi connectivity index (χ1) is 9.56. The molecule has 0 spiro atoms. The molecule has 4 nitrogen and oxygen atoms in total. The van der Waals surface area contributed by atoms with E-state index in [1.807, 2.05) is 0 Å². The van der Waals surface area contributed by atoms with E-state index in [9.17, 15) is 9.18 Å². The Bertz CT molecular complexity index is 607. The van der Waals surface area contributed by atoms with Crippen LogP contribution in [0.5, 0.6) is 5.75 Å². The number of pyridine rings is 1. The molecule has 2 aromatic rings. The average molecular weight is 339 g/mol. The molecule has 104 valence electrons. The molecule has 0 saturated heterocycles. The molecule has 1 heterocycles. The van der Waals surface area contributed by atoms with Gasteiger partial charge in [-0.25, -0.2) is 4.39 Å². The van der Waals surface area contributed by atoms with Gasteiger partial charge in [0, 0.05) is 22.6 Å². The highest BCUT2D eigenvalue weighted by Gasteiger charge is 2.16. The highest BCUT2D eigenvalue weighted by atomic mass is 79.9. The van der Waals surface area contributed by atoms with Crippen LogP contribution in [0.1, 0.15) is 6.92 Å². The van der Waals surface area contributed by atoms with Crippen LogP contribution in [0.4, 0.5) is 10.1 Å². The van der Waals surface area contributed by atoms with E-state index in [-0.39, 0.29) is 11.7 Å². The monoisotopic (exact) mass is 338 g/mol. The van der Waals surface area contributed by atoms with E-state index < -0.39 is 11.9 Å². The maximum atomic E-state index is 13.6. The molecule has 1 amide bonds. The number of rotatable bonds is 4. The summed E-state index contributed by atoms with van der Waals surface area (Å²) in [7, 11) is 0. The zero-order valence-electron chi connectivity index (χ0n) is 10.6. The van der Waals surface area contributed by atoms with Gasteiger partial charge < -0.3 is 10.1 Å². The van der Waals surface area contributed by atoms with E-state index in [2.05, 4.69) is 26.2 Å². The zero-order valence-corrected chi connectivity index (χ0v) is 12.2. The smallest absolute Gasteiger partial charge is 0.265 e. The fourth-order valence-corrected chi connectivity index (χ4v) is 1.83. The number of hydrogen-bond donors (Lipinski definition) is 1. The molecule has 0 unspecified atom stereocenters. The van der Waals surface area contributed by atoms with Crippen molar-refractivity contribution in [1.29, 1.82) is 0 Å². The number of carbonyl (C=O) groups is 1. The van der Waals surface area contributed by atoms with Crippen molar-refractivity contribution < 1.29 is 13.9 Å². The number of ether oxygens (including phenoxy) is 1. The third kappa shape index (κ3) is 3.77. The van der Waals surface area contributed by atoms with Crippen LogP contribution in [0.15, 0.2) is 47.2 Å². The maximum Gasteiger partial charge on any atom is 0.265 e. The van der Waals surface area contributed by atoms with Crippen LogP contribution < -0.4 is 10.1 Å². The lowest BCUT2D eigenvalue weighted by Crippen LogP contribution is -2.30. The second-order valence-electron chi connectivity index (χ2n) is 4.06. The van der Waals surface area contributed by atoms with Crippen molar-refractivity contribution in [1.82, 2.24) is 4.98 Å². The molecule has 6 heteroatoms. The van der Waals surface area contributed by atoms with Gasteiger partial charge in [0.25, 0.3) is 5.91 Å². The van der Waals surface area contributed by atoms with Crippen LogP contribution in [-0.4, -0.2) is 17.0 Å². The van der Waals surface area contributed by atoms with Gasteiger partial charge in [-0.15, -0.1) is 0 Å². The summed E-state index contributed by atoms with van der Waals surface area (Å²) in [4.78, 5) is 15.8. The largest absolute Gasteiger partial charge is 0.478 e. The molecule has 0 radical (unpaired) electrons. The lowest BCUT2D eigenvalue weighted by molar-refractivity contribution is -0.122. The predicted octanol–water partition coefficient (Wildman–Crippen LogP) is 3.39. The first-order valence-electron chi connectivity index (χ1n) is 5.89. The summed E-state index contributed by atoms with van der Waals surface area (Å²) in [6.07, 6.45) is 2.31. The first kappa shape index (κ1) is 14.5. The van der Waals surface area contributed by atoms with E-state index in [1.54, 1.807) is 37.5 Å². The highest BCUT2D eigenvalue weighted by molar-refractivity contribution is 9.10. The minimum absolute atomic E-state index is 0.0329. The highest BCUT2D eigenvalue weighted by Crippen LogP contribution is 2.22. The van der Waals surface area contributed by atoms with Crippen molar-refractivity contribution in [3.05, 3.63) is 53.0 Å². The van der Waals surface area contributed by atoms with Gasteiger partial charge in [0.05, 0.1) is 0 Å².